The Hall–Kier alpha value is -2.88. The molecule has 22 heavy (non-hydrogen) atoms. The zero-order valence-electron chi connectivity index (χ0n) is 12.1. The van der Waals surface area contributed by atoms with Gasteiger partial charge in [-0.25, -0.2) is 9.78 Å². The van der Waals surface area contributed by atoms with Crippen LogP contribution in [0.3, 0.4) is 0 Å². The fourth-order valence-corrected chi connectivity index (χ4v) is 2.60. The standard InChI is InChI=1S/C18H15NO3/c1-11-15-10-13(9-12-5-3-2-4-6-12)7-8-14(15)17(20)16(19-11)18(21)22/h2-8,10,20H,9H2,1H3,(H,21,22). The second kappa shape index (κ2) is 5.48. The van der Waals surface area contributed by atoms with Crippen LogP contribution in [0.4, 0.5) is 0 Å². The maximum absolute atomic E-state index is 11.1. The average molecular weight is 293 g/mol. The van der Waals surface area contributed by atoms with Crippen LogP contribution in [0, 0.1) is 6.92 Å². The molecular formula is C18H15NO3. The molecule has 0 saturated carbocycles. The Morgan fingerprint density at radius 2 is 1.77 bits per heavy atom. The number of pyridine rings is 1. The first-order valence-electron chi connectivity index (χ1n) is 6.95. The van der Waals surface area contributed by atoms with Gasteiger partial charge in [-0.05, 0) is 30.5 Å². The van der Waals surface area contributed by atoms with E-state index < -0.39 is 5.97 Å². The van der Waals surface area contributed by atoms with Gasteiger partial charge in [0.2, 0.25) is 0 Å². The van der Waals surface area contributed by atoms with Gasteiger partial charge in [-0.3, -0.25) is 0 Å². The van der Waals surface area contributed by atoms with E-state index in [0.29, 0.717) is 11.1 Å². The van der Waals surface area contributed by atoms with E-state index >= 15 is 0 Å². The van der Waals surface area contributed by atoms with E-state index in [1.807, 2.05) is 30.3 Å². The number of rotatable bonds is 3. The van der Waals surface area contributed by atoms with Crippen LogP contribution in [0.25, 0.3) is 10.8 Å². The summed E-state index contributed by atoms with van der Waals surface area (Å²) in [4.78, 5) is 15.1. The maximum atomic E-state index is 11.1. The van der Waals surface area contributed by atoms with E-state index in [1.165, 1.54) is 5.56 Å². The minimum absolute atomic E-state index is 0.278. The van der Waals surface area contributed by atoms with Gasteiger partial charge >= 0.3 is 5.97 Å². The summed E-state index contributed by atoms with van der Waals surface area (Å²) in [5, 5.41) is 20.4. The SMILES string of the molecule is Cc1nc(C(=O)O)c(O)c2ccc(Cc3ccccc3)cc12. The van der Waals surface area contributed by atoms with Crippen molar-refractivity contribution in [3.05, 3.63) is 71.0 Å². The fraction of sp³-hybridized carbons (Fsp3) is 0.111. The summed E-state index contributed by atoms with van der Waals surface area (Å²) in [6.45, 7) is 1.75. The molecule has 1 heterocycles. The number of hydrogen-bond donors (Lipinski definition) is 2. The monoisotopic (exact) mass is 293 g/mol. The molecule has 0 aliphatic carbocycles. The van der Waals surface area contributed by atoms with Crippen molar-refractivity contribution in [2.45, 2.75) is 13.3 Å². The largest absolute Gasteiger partial charge is 0.505 e. The Morgan fingerprint density at radius 1 is 1.05 bits per heavy atom. The van der Waals surface area contributed by atoms with E-state index in [2.05, 4.69) is 17.1 Å². The van der Waals surface area contributed by atoms with Gasteiger partial charge in [-0.15, -0.1) is 0 Å². The van der Waals surface area contributed by atoms with Crippen LogP contribution < -0.4 is 0 Å². The molecular weight excluding hydrogens is 278 g/mol. The second-order valence-corrected chi connectivity index (χ2v) is 5.24. The molecule has 0 spiro atoms. The predicted molar refractivity (Wildman–Crippen MR) is 84.4 cm³/mol. The molecule has 0 aliphatic rings. The quantitative estimate of drug-likeness (QED) is 0.775. The van der Waals surface area contributed by atoms with E-state index in [-0.39, 0.29) is 11.4 Å². The third-order valence-corrected chi connectivity index (χ3v) is 3.69. The first kappa shape index (κ1) is 14.1. The fourth-order valence-electron chi connectivity index (χ4n) is 2.60. The molecule has 0 amide bonds. The molecule has 2 aromatic carbocycles. The number of aromatic hydroxyl groups is 1. The number of carbonyl (C=O) groups is 1. The first-order chi connectivity index (χ1) is 10.6. The number of carboxylic acids is 1. The number of aromatic carboxylic acids is 1. The highest BCUT2D eigenvalue weighted by Crippen LogP contribution is 2.30. The summed E-state index contributed by atoms with van der Waals surface area (Å²) in [6, 6.07) is 15.7. The summed E-state index contributed by atoms with van der Waals surface area (Å²) in [5.74, 6) is -1.50. The zero-order valence-corrected chi connectivity index (χ0v) is 12.1. The van der Waals surface area contributed by atoms with Gasteiger partial charge in [0.15, 0.2) is 11.4 Å². The molecule has 4 heteroatoms. The van der Waals surface area contributed by atoms with Crippen LogP contribution in [0.5, 0.6) is 5.75 Å². The Morgan fingerprint density at radius 3 is 2.45 bits per heavy atom. The molecule has 2 N–H and O–H groups in total. The van der Waals surface area contributed by atoms with Gasteiger partial charge in [0.25, 0.3) is 0 Å². The molecule has 4 nitrogen and oxygen atoms in total. The Balaban J connectivity index is 2.09. The van der Waals surface area contributed by atoms with E-state index in [9.17, 15) is 9.90 Å². The van der Waals surface area contributed by atoms with Gasteiger partial charge < -0.3 is 10.2 Å². The lowest BCUT2D eigenvalue weighted by molar-refractivity contribution is 0.0687. The molecule has 1 aromatic heterocycles. The van der Waals surface area contributed by atoms with Gasteiger partial charge in [-0.2, -0.15) is 0 Å². The van der Waals surface area contributed by atoms with E-state index in [0.717, 1.165) is 17.4 Å². The van der Waals surface area contributed by atoms with Gasteiger partial charge in [0, 0.05) is 16.5 Å². The van der Waals surface area contributed by atoms with Crippen molar-refractivity contribution in [2.75, 3.05) is 0 Å². The number of nitrogens with zero attached hydrogens (tertiary/aromatic N) is 1. The number of aryl methyl sites for hydroxylation is 1. The van der Waals surface area contributed by atoms with Crippen LogP contribution in [0.1, 0.15) is 27.3 Å². The van der Waals surface area contributed by atoms with Gasteiger partial charge in [0.05, 0.1) is 0 Å². The van der Waals surface area contributed by atoms with Crippen molar-refractivity contribution < 1.29 is 15.0 Å². The average Bonchev–Trinajstić information content (AvgIpc) is 2.51. The summed E-state index contributed by atoms with van der Waals surface area (Å²) in [5.41, 5.74) is 2.57. The summed E-state index contributed by atoms with van der Waals surface area (Å²) in [6.07, 6.45) is 0.775. The highest BCUT2D eigenvalue weighted by molar-refractivity contribution is 5.99. The first-order valence-corrected chi connectivity index (χ1v) is 6.95. The lowest BCUT2D eigenvalue weighted by atomic mass is 10.00. The van der Waals surface area contributed by atoms with Crippen molar-refractivity contribution in [1.29, 1.82) is 0 Å². The number of carboxylic acid groups (broad SMARTS) is 1. The lowest BCUT2D eigenvalue weighted by Gasteiger charge is -2.09. The molecule has 0 radical (unpaired) electrons. The van der Waals surface area contributed by atoms with Crippen LogP contribution in [0.2, 0.25) is 0 Å². The minimum atomic E-state index is -1.23. The van der Waals surface area contributed by atoms with Crippen LogP contribution in [-0.2, 0) is 6.42 Å². The van der Waals surface area contributed by atoms with Crippen LogP contribution in [-0.4, -0.2) is 21.2 Å². The topological polar surface area (TPSA) is 70.4 Å². The molecule has 0 unspecified atom stereocenters. The molecule has 0 bridgehead atoms. The molecule has 110 valence electrons. The smallest absolute Gasteiger partial charge is 0.358 e. The Labute approximate surface area is 127 Å². The summed E-state index contributed by atoms with van der Waals surface area (Å²) in [7, 11) is 0. The Bertz CT molecular complexity index is 857. The molecule has 0 atom stereocenters. The third-order valence-electron chi connectivity index (χ3n) is 3.69. The number of hydrogen-bond acceptors (Lipinski definition) is 3. The zero-order chi connectivity index (χ0) is 15.7. The third kappa shape index (κ3) is 2.51. The molecule has 0 saturated heterocycles. The highest BCUT2D eigenvalue weighted by atomic mass is 16.4. The van der Waals surface area contributed by atoms with E-state index in [4.69, 9.17) is 5.11 Å². The lowest BCUT2D eigenvalue weighted by Crippen LogP contribution is -2.03. The second-order valence-electron chi connectivity index (χ2n) is 5.24. The van der Waals surface area contributed by atoms with Crippen molar-refractivity contribution in [3.8, 4) is 5.75 Å². The predicted octanol–water partition coefficient (Wildman–Crippen LogP) is 3.54. The molecule has 3 rings (SSSR count). The molecule has 0 fully saturated rings. The van der Waals surface area contributed by atoms with Gasteiger partial charge in [0.1, 0.15) is 0 Å². The van der Waals surface area contributed by atoms with Crippen molar-refractivity contribution in [1.82, 2.24) is 4.98 Å². The van der Waals surface area contributed by atoms with Crippen LogP contribution >= 0.6 is 0 Å². The van der Waals surface area contributed by atoms with Crippen molar-refractivity contribution in [2.24, 2.45) is 0 Å². The van der Waals surface area contributed by atoms with Crippen LogP contribution in [0.15, 0.2) is 48.5 Å². The highest BCUT2D eigenvalue weighted by Gasteiger charge is 2.16. The summed E-state index contributed by atoms with van der Waals surface area (Å²) >= 11 is 0. The van der Waals surface area contributed by atoms with Crippen molar-refractivity contribution in [3.63, 3.8) is 0 Å². The summed E-state index contributed by atoms with van der Waals surface area (Å²) < 4.78 is 0. The molecule has 0 aliphatic heterocycles. The Kier molecular flexibility index (Phi) is 3.51. The normalized spacial score (nSPS) is 10.8. The maximum Gasteiger partial charge on any atom is 0.358 e. The van der Waals surface area contributed by atoms with Gasteiger partial charge in [-0.1, -0.05) is 42.5 Å². The number of fused-ring (bicyclic) bond motifs is 1. The van der Waals surface area contributed by atoms with E-state index in [1.54, 1.807) is 13.0 Å². The number of aromatic nitrogens is 1. The minimum Gasteiger partial charge on any atom is -0.505 e. The number of benzene rings is 2. The molecule has 3 aromatic rings. The van der Waals surface area contributed by atoms with Crippen molar-refractivity contribution >= 4 is 16.7 Å².